The van der Waals surface area contributed by atoms with E-state index >= 15 is 0 Å². The van der Waals surface area contributed by atoms with Crippen LogP contribution >= 0.6 is 11.3 Å². The second-order valence-electron chi connectivity index (χ2n) is 13.3. The van der Waals surface area contributed by atoms with Crippen molar-refractivity contribution in [2.24, 2.45) is 0 Å². The molecule has 244 valence electrons. The Morgan fingerprint density at radius 3 is 1.60 bits per heavy atom. The van der Waals surface area contributed by atoms with E-state index in [1.165, 1.54) is 80.8 Å². The van der Waals surface area contributed by atoms with Crippen LogP contribution in [0.15, 0.2) is 200 Å². The maximum atomic E-state index is 2.48. The van der Waals surface area contributed by atoms with Crippen molar-refractivity contribution in [3.8, 4) is 33.4 Å². The molecule has 0 saturated carbocycles. The Labute approximate surface area is 307 Å². The van der Waals surface area contributed by atoms with Gasteiger partial charge in [-0.2, -0.15) is 0 Å². The molecule has 0 saturated heterocycles. The van der Waals surface area contributed by atoms with Gasteiger partial charge in [0.25, 0.3) is 0 Å². The summed E-state index contributed by atoms with van der Waals surface area (Å²) in [5, 5.41) is 7.58. The lowest BCUT2D eigenvalue weighted by Gasteiger charge is -2.28. The van der Waals surface area contributed by atoms with E-state index in [1.807, 2.05) is 11.3 Å². The number of nitrogens with zero attached hydrogens (tertiary/aromatic N) is 1. The van der Waals surface area contributed by atoms with Gasteiger partial charge in [-0.05, 0) is 91.3 Å². The first kappa shape index (κ1) is 30.4. The van der Waals surface area contributed by atoms with E-state index in [-0.39, 0.29) is 0 Å². The van der Waals surface area contributed by atoms with Crippen LogP contribution in [-0.2, 0) is 0 Å². The van der Waals surface area contributed by atoms with Crippen molar-refractivity contribution < 1.29 is 0 Å². The van der Waals surface area contributed by atoms with Gasteiger partial charge in [0.1, 0.15) is 0 Å². The van der Waals surface area contributed by atoms with E-state index in [0.717, 1.165) is 11.4 Å². The number of rotatable bonds is 6. The van der Waals surface area contributed by atoms with Crippen molar-refractivity contribution in [1.82, 2.24) is 0 Å². The maximum absolute atomic E-state index is 2.48. The van der Waals surface area contributed by atoms with Gasteiger partial charge in [0.15, 0.2) is 0 Å². The molecular weight excluding hydrogens is 647 g/mol. The summed E-state index contributed by atoms with van der Waals surface area (Å²) in [5.74, 6) is 0. The number of hydrogen-bond donors (Lipinski definition) is 0. The van der Waals surface area contributed by atoms with E-state index < -0.39 is 0 Å². The molecule has 0 amide bonds. The van der Waals surface area contributed by atoms with E-state index in [2.05, 4.69) is 205 Å². The van der Waals surface area contributed by atoms with Gasteiger partial charge in [-0.25, -0.2) is 0 Å². The van der Waals surface area contributed by atoms with Gasteiger partial charge >= 0.3 is 0 Å². The largest absolute Gasteiger partial charge is 0.309 e. The first-order valence-electron chi connectivity index (χ1n) is 17.8. The molecule has 0 bridgehead atoms. The molecule has 0 N–H and O–H groups in total. The highest BCUT2D eigenvalue weighted by molar-refractivity contribution is 7.26. The minimum Gasteiger partial charge on any atom is -0.309 e. The molecule has 52 heavy (non-hydrogen) atoms. The zero-order valence-electron chi connectivity index (χ0n) is 28.4. The van der Waals surface area contributed by atoms with Crippen LogP contribution in [0.5, 0.6) is 0 Å². The number of fused-ring (bicyclic) bond motifs is 6. The number of anilines is 3. The van der Waals surface area contributed by atoms with Crippen LogP contribution in [0, 0.1) is 0 Å². The summed E-state index contributed by atoms with van der Waals surface area (Å²) in [6.07, 6.45) is 0. The summed E-state index contributed by atoms with van der Waals surface area (Å²) in [6, 6.07) is 73.0. The highest BCUT2D eigenvalue weighted by Gasteiger charge is 2.22. The maximum Gasteiger partial charge on any atom is 0.0640 e. The average molecular weight is 680 g/mol. The molecule has 0 atom stereocenters. The van der Waals surface area contributed by atoms with Gasteiger partial charge in [-0.15, -0.1) is 11.3 Å². The molecule has 1 heterocycles. The molecule has 10 aromatic rings. The lowest BCUT2D eigenvalue weighted by Crippen LogP contribution is -2.10. The molecule has 9 aromatic carbocycles. The quantitative estimate of drug-likeness (QED) is 0.158. The Bertz CT molecular complexity index is 2890. The van der Waals surface area contributed by atoms with Gasteiger partial charge < -0.3 is 4.90 Å². The van der Waals surface area contributed by atoms with Crippen LogP contribution < -0.4 is 4.90 Å². The summed E-state index contributed by atoms with van der Waals surface area (Å²) in [6.45, 7) is 0. The standard InChI is InChI=1S/C50H33NS/c1-4-14-34(15-5-1)42-29-28-40(33-45(42)36-18-8-3-9-19-36)51(39-27-26-38-25-24-37-20-10-11-21-41(37)46(38)32-39)47-31-30-43(35-16-6-2-7-17-35)49-44-22-12-13-23-48(44)52-50(47)49/h1-33H. The molecule has 0 aliphatic rings. The molecule has 2 heteroatoms. The van der Waals surface area contributed by atoms with E-state index in [9.17, 15) is 0 Å². The molecule has 0 spiro atoms. The predicted octanol–water partition coefficient (Wildman–Crippen LogP) is 14.8. The molecule has 0 aliphatic heterocycles. The van der Waals surface area contributed by atoms with E-state index in [4.69, 9.17) is 0 Å². The molecule has 1 aromatic heterocycles. The summed E-state index contributed by atoms with van der Waals surface area (Å²) >= 11 is 1.88. The van der Waals surface area contributed by atoms with E-state index in [1.54, 1.807) is 0 Å². The third kappa shape index (κ3) is 5.16. The Hall–Kier alpha value is -6.48. The topological polar surface area (TPSA) is 3.24 Å². The van der Waals surface area contributed by atoms with Crippen molar-refractivity contribution in [3.05, 3.63) is 200 Å². The van der Waals surface area contributed by atoms with Crippen molar-refractivity contribution in [2.75, 3.05) is 4.90 Å². The fourth-order valence-electron chi connectivity index (χ4n) is 7.80. The Morgan fingerprint density at radius 2 is 0.865 bits per heavy atom. The van der Waals surface area contributed by atoms with Crippen LogP contribution in [0.3, 0.4) is 0 Å². The highest BCUT2D eigenvalue weighted by Crippen LogP contribution is 2.49. The van der Waals surface area contributed by atoms with Gasteiger partial charge in [0.05, 0.1) is 10.4 Å². The lowest BCUT2D eigenvalue weighted by molar-refractivity contribution is 1.31. The minimum atomic E-state index is 1.12. The van der Waals surface area contributed by atoms with Crippen LogP contribution in [0.25, 0.3) is 75.1 Å². The van der Waals surface area contributed by atoms with Crippen molar-refractivity contribution in [2.45, 2.75) is 0 Å². The Kier molecular flexibility index (Phi) is 7.41. The fourth-order valence-corrected chi connectivity index (χ4v) is 9.04. The summed E-state index contributed by atoms with van der Waals surface area (Å²) in [7, 11) is 0. The summed E-state index contributed by atoms with van der Waals surface area (Å²) < 4.78 is 2.56. The molecule has 1 nitrogen and oxygen atoms in total. The van der Waals surface area contributed by atoms with Gasteiger partial charge in [-0.3, -0.25) is 0 Å². The Morgan fingerprint density at radius 1 is 0.346 bits per heavy atom. The normalized spacial score (nSPS) is 11.5. The third-order valence-corrected chi connectivity index (χ3v) is 11.4. The summed E-state index contributed by atoms with van der Waals surface area (Å²) in [5.41, 5.74) is 10.7. The van der Waals surface area contributed by atoms with Gasteiger partial charge in [-0.1, -0.05) is 164 Å². The van der Waals surface area contributed by atoms with Crippen molar-refractivity contribution >= 4 is 70.1 Å². The molecule has 0 unspecified atom stereocenters. The molecule has 0 aliphatic carbocycles. The van der Waals surface area contributed by atoms with Crippen molar-refractivity contribution in [3.63, 3.8) is 0 Å². The smallest absolute Gasteiger partial charge is 0.0640 e. The first-order valence-corrected chi connectivity index (χ1v) is 18.6. The second kappa shape index (κ2) is 12.7. The van der Waals surface area contributed by atoms with Crippen LogP contribution in [-0.4, -0.2) is 0 Å². The molecule has 0 fully saturated rings. The lowest BCUT2D eigenvalue weighted by atomic mass is 9.93. The molecular formula is C50H33NS. The van der Waals surface area contributed by atoms with Crippen LogP contribution in [0.2, 0.25) is 0 Å². The monoisotopic (exact) mass is 679 g/mol. The fraction of sp³-hybridized carbons (Fsp3) is 0. The van der Waals surface area contributed by atoms with E-state index in [0.29, 0.717) is 0 Å². The van der Waals surface area contributed by atoms with Crippen molar-refractivity contribution in [1.29, 1.82) is 0 Å². The van der Waals surface area contributed by atoms with Gasteiger partial charge in [0, 0.05) is 26.8 Å². The number of thiophene rings is 1. The molecule has 10 rings (SSSR count). The van der Waals surface area contributed by atoms with Gasteiger partial charge in [0.2, 0.25) is 0 Å². The zero-order chi connectivity index (χ0) is 34.4. The first-order chi connectivity index (χ1) is 25.8. The SMILES string of the molecule is c1ccc(-c2ccc(N(c3ccc4ccc5ccccc5c4c3)c3ccc(-c4ccccc4)c4c3sc3ccccc34)cc2-c2ccccc2)cc1. The summed E-state index contributed by atoms with van der Waals surface area (Å²) in [4.78, 5) is 2.48. The predicted molar refractivity (Wildman–Crippen MR) is 225 cm³/mol. The minimum absolute atomic E-state index is 1.12. The number of hydrogen-bond acceptors (Lipinski definition) is 2. The average Bonchev–Trinajstić information content (AvgIpc) is 3.62. The number of benzene rings is 9. The third-order valence-electron chi connectivity index (χ3n) is 10.3. The second-order valence-corrected chi connectivity index (χ2v) is 14.3. The van der Waals surface area contributed by atoms with Crippen LogP contribution in [0.4, 0.5) is 17.1 Å². The van der Waals surface area contributed by atoms with Crippen LogP contribution in [0.1, 0.15) is 0 Å². The molecule has 0 radical (unpaired) electrons. The zero-order valence-corrected chi connectivity index (χ0v) is 29.2. The Balaban J connectivity index is 1.29. The highest BCUT2D eigenvalue weighted by atomic mass is 32.1.